The maximum absolute atomic E-state index is 6.03. The Morgan fingerprint density at radius 1 is 1.15 bits per heavy atom. The first-order valence-corrected chi connectivity index (χ1v) is 10.3. The van der Waals surface area contributed by atoms with Crippen molar-refractivity contribution in [3.63, 3.8) is 0 Å². The van der Waals surface area contributed by atoms with Gasteiger partial charge in [-0.3, -0.25) is 4.99 Å². The van der Waals surface area contributed by atoms with Crippen LogP contribution in [0.25, 0.3) is 0 Å². The number of nitrogens with zero attached hydrogens (tertiary/aromatic N) is 2. The molecule has 27 heavy (non-hydrogen) atoms. The van der Waals surface area contributed by atoms with Crippen LogP contribution in [0.1, 0.15) is 39.5 Å². The maximum atomic E-state index is 6.03. The third kappa shape index (κ3) is 6.31. The predicted molar refractivity (Wildman–Crippen MR) is 111 cm³/mol. The van der Waals surface area contributed by atoms with E-state index in [1.54, 1.807) is 0 Å². The van der Waals surface area contributed by atoms with Crippen molar-refractivity contribution < 1.29 is 9.47 Å². The SMILES string of the molecule is CC1CC(C)CN(CCCCN=C(N)Nc2ccc3c(c2)OCCCO3)C1. The highest BCUT2D eigenvalue weighted by atomic mass is 16.5. The summed E-state index contributed by atoms with van der Waals surface area (Å²) in [6, 6.07) is 5.77. The lowest BCUT2D eigenvalue weighted by Crippen LogP contribution is -2.39. The highest BCUT2D eigenvalue weighted by Crippen LogP contribution is 2.32. The van der Waals surface area contributed by atoms with Crippen molar-refractivity contribution in [2.24, 2.45) is 22.6 Å². The number of rotatable bonds is 6. The van der Waals surface area contributed by atoms with Crippen LogP contribution in [0.4, 0.5) is 5.69 Å². The van der Waals surface area contributed by atoms with Crippen LogP contribution in [0.15, 0.2) is 23.2 Å². The number of fused-ring (bicyclic) bond motifs is 1. The van der Waals surface area contributed by atoms with Crippen LogP contribution in [0.5, 0.6) is 11.5 Å². The van der Waals surface area contributed by atoms with Gasteiger partial charge in [-0.25, -0.2) is 0 Å². The van der Waals surface area contributed by atoms with Gasteiger partial charge in [-0.15, -0.1) is 0 Å². The molecule has 0 amide bonds. The number of hydrogen-bond donors (Lipinski definition) is 2. The van der Waals surface area contributed by atoms with Crippen molar-refractivity contribution in [3.8, 4) is 11.5 Å². The first kappa shape index (κ1) is 19.8. The van der Waals surface area contributed by atoms with Gasteiger partial charge in [0.1, 0.15) is 0 Å². The van der Waals surface area contributed by atoms with E-state index in [1.807, 2.05) is 18.2 Å². The standard InChI is InChI=1S/C21H34N4O2/c1-16-12-17(2)15-25(14-16)9-4-3-8-23-21(22)24-18-6-7-19-20(13-18)27-11-5-10-26-19/h6-7,13,16-17H,3-5,8-12,14-15H2,1-2H3,(H3,22,23,24). The van der Waals surface area contributed by atoms with Crippen LogP contribution in [-0.2, 0) is 0 Å². The summed E-state index contributed by atoms with van der Waals surface area (Å²) in [6.07, 6.45) is 4.49. The Hall–Kier alpha value is -1.95. The molecule has 0 saturated carbocycles. The van der Waals surface area contributed by atoms with Gasteiger partial charge >= 0.3 is 0 Å². The van der Waals surface area contributed by atoms with Crippen LogP contribution >= 0.6 is 0 Å². The second-order valence-corrected chi connectivity index (χ2v) is 8.02. The Morgan fingerprint density at radius 3 is 2.67 bits per heavy atom. The molecule has 1 aromatic rings. The molecule has 1 fully saturated rings. The molecule has 2 aliphatic heterocycles. The average molecular weight is 375 g/mol. The molecule has 6 heteroatoms. The molecule has 150 valence electrons. The Labute approximate surface area is 163 Å². The van der Waals surface area contributed by atoms with Gasteiger partial charge in [0.05, 0.1) is 13.2 Å². The number of nitrogens with one attached hydrogen (secondary N) is 1. The summed E-state index contributed by atoms with van der Waals surface area (Å²) in [4.78, 5) is 7.05. The number of ether oxygens (including phenoxy) is 2. The first-order valence-electron chi connectivity index (χ1n) is 10.3. The highest BCUT2D eigenvalue weighted by molar-refractivity contribution is 5.92. The monoisotopic (exact) mass is 374 g/mol. The number of hydrogen-bond acceptors (Lipinski definition) is 4. The summed E-state index contributed by atoms with van der Waals surface area (Å²) in [5, 5.41) is 3.15. The van der Waals surface area contributed by atoms with E-state index in [1.165, 1.54) is 32.5 Å². The molecule has 0 aliphatic carbocycles. The van der Waals surface area contributed by atoms with Crippen LogP contribution in [0, 0.1) is 11.8 Å². The Balaban J connectivity index is 1.39. The lowest BCUT2D eigenvalue weighted by molar-refractivity contribution is 0.139. The van der Waals surface area contributed by atoms with E-state index in [2.05, 4.69) is 29.1 Å². The topological polar surface area (TPSA) is 72.1 Å². The molecule has 3 rings (SSSR count). The zero-order valence-corrected chi connectivity index (χ0v) is 16.7. The quantitative estimate of drug-likeness (QED) is 0.454. The zero-order valence-electron chi connectivity index (χ0n) is 16.7. The molecule has 0 spiro atoms. The van der Waals surface area contributed by atoms with Crippen LogP contribution < -0.4 is 20.5 Å². The van der Waals surface area contributed by atoms with Crippen molar-refractivity contribution in [1.29, 1.82) is 0 Å². The number of unbranched alkanes of at least 4 members (excludes halogenated alkanes) is 1. The molecule has 2 unspecified atom stereocenters. The lowest BCUT2D eigenvalue weighted by Gasteiger charge is -2.34. The molecule has 1 aromatic carbocycles. The summed E-state index contributed by atoms with van der Waals surface area (Å²) in [6.45, 7) is 10.5. The summed E-state index contributed by atoms with van der Waals surface area (Å²) >= 11 is 0. The van der Waals surface area contributed by atoms with E-state index in [0.717, 1.165) is 48.4 Å². The summed E-state index contributed by atoms with van der Waals surface area (Å²) in [7, 11) is 0. The predicted octanol–water partition coefficient (Wildman–Crippen LogP) is 3.33. The molecule has 6 nitrogen and oxygen atoms in total. The van der Waals surface area contributed by atoms with Crippen molar-refractivity contribution in [3.05, 3.63) is 18.2 Å². The van der Waals surface area contributed by atoms with E-state index in [9.17, 15) is 0 Å². The Kier molecular flexibility index (Phi) is 7.21. The zero-order chi connectivity index (χ0) is 19.1. The van der Waals surface area contributed by atoms with Gasteiger partial charge in [-0.2, -0.15) is 0 Å². The number of anilines is 1. The van der Waals surface area contributed by atoms with E-state index in [0.29, 0.717) is 19.2 Å². The lowest BCUT2D eigenvalue weighted by atomic mass is 9.92. The molecule has 2 aliphatic rings. The molecule has 0 bridgehead atoms. The van der Waals surface area contributed by atoms with E-state index in [-0.39, 0.29) is 0 Å². The Morgan fingerprint density at radius 2 is 1.89 bits per heavy atom. The van der Waals surface area contributed by atoms with Crippen molar-refractivity contribution in [2.45, 2.75) is 39.5 Å². The number of benzene rings is 1. The van der Waals surface area contributed by atoms with Gasteiger partial charge in [-0.05, 0) is 49.8 Å². The van der Waals surface area contributed by atoms with Crippen LogP contribution in [0.2, 0.25) is 0 Å². The highest BCUT2D eigenvalue weighted by Gasteiger charge is 2.20. The van der Waals surface area contributed by atoms with E-state index in [4.69, 9.17) is 15.2 Å². The summed E-state index contributed by atoms with van der Waals surface area (Å²) < 4.78 is 11.4. The van der Waals surface area contributed by atoms with Gasteiger partial charge in [0.15, 0.2) is 17.5 Å². The average Bonchev–Trinajstić information content (AvgIpc) is 2.85. The number of piperidine rings is 1. The molecule has 0 radical (unpaired) electrons. The third-order valence-corrected chi connectivity index (χ3v) is 5.13. The van der Waals surface area contributed by atoms with Gasteiger partial charge in [0, 0.05) is 37.8 Å². The van der Waals surface area contributed by atoms with Crippen molar-refractivity contribution in [1.82, 2.24) is 4.90 Å². The molecule has 2 atom stereocenters. The fraction of sp³-hybridized carbons (Fsp3) is 0.667. The number of nitrogens with two attached hydrogens (primary N) is 1. The first-order chi connectivity index (χ1) is 13.1. The van der Waals surface area contributed by atoms with E-state index >= 15 is 0 Å². The third-order valence-electron chi connectivity index (χ3n) is 5.13. The number of aliphatic imine (C=N–C) groups is 1. The van der Waals surface area contributed by atoms with E-state index < -0.39 is 0 Å². The molecular formula is C21H34N4O2. The van der Waals surface area contributed by atoms with Gasteiger partial charge in [0.25, 0.3) is 0 Å². The second-order valence-electron chi connectivity index (χ2n) is 8.02. The van der Waals surface area contributed by atoms with Crippen LogP contribution in [0.3, 0.4) is 0 Å². The summed E-state index contributed by atoms with van der Waals surface area (Å²) in [5.41, 5.74) is 6.90. The second kappa shape index (κ2) is 9.83. The summed E-state index contributed by atoms with van der Waals surface area (Å²) in [5.74, 6) is 3.64. The number of likely N-dealkylation sites (tertiary alicyclic amines) is 1. The molecule has 1 saturated heterocycles. The minimum absolute atomic E-state index is 0.449. The van der Waals surface area contributed by atoms with Gasteiger partial charge in [-0.1, -0.05) is 13.8 Å². The maximum Gasteiger partial charge on any atom is 0.193 e. The molecule has 2 heterocycles. The molecule has 3 N–H and O–H groups in total. The van der Waals surface area contributed by atoms with Crippen LogP contribution in [-0.4, -0.2) is 50.3 Å². The smallest absolute Gasteiger partial charge is 0.193 e. The molecular weight excluding hydrogens is 340 g/mol. The number of guanidine groups is 1. The van der Waals surface area contributed by atoms with Gasteiger partial charge < -0.3 is 25.4 Å². The minimum Gasteiger partial charge on any atom is -0.490 e. The largest absolute Gasteiger partial charge is 0.490 e. The fourth-order valence-corrected chi connectivity index (χ4v) is 4.05. The normalized spacial score (nSPS) is 23.7. The Bertz CT molecular complexity index is 625. The van der Waals surface area contributed by atoms with Crippen molar-refractivity contribution in [2.75, 3.05) is 44.7 Å². The van der Waals surface area contributed by atoms with Crippen molar-refractivity contribution >= 4 is 11.6 Å². The fourth-order valence-electron chi connectivity index (χ4n) is 4.05. The van der Waals surface area contributed by atoms with Gasteiger partial charge in [0.2, 0.25) is 0 Å². The molecule has 0 aromatic heterocycles. The minimum atomic E-state index is 0.449.